The minimum Gasteiger partial charge on any atom is -0.465 e. The third-order valence-corrected chi connectivity index (χ3v) is 2.50. The highest BCUT2D eigenvalue weighted by atomic mass is 35.5. The Morgan fingerprint density at radius 1 is 1.26 bits per heavy atom. The summed E-state index contributed by atoms with van der Waals surface area (Å²) in [6.45, 7) is 2.28. The van der Waals surface area contributed by atoms with Gasteiger partial charge < -0.3 is 10.1 Å². The van der Waals surface area contributed by atoms with Gasteiger partial charge in [-0.2, -0.15) is 0 Å². The lowest BCUT2D eigenvalue weighted by molar-refractivity contribution is -0.144. The molecular formula is C13H17ClN2O3. The van der Waals surface area contributed by atoms with Crippen LogP contribution in [0.25, 0.3) is 0 Å². The van der Waals surface area contributed by atoms with Gasteiger partial charge in [0.15, 0.2) is 0 Å². The van der Waals surface area contributed by atoms with Crippen molar-refractivity contribution >= 4 is 29.2 Å². The molecule has 0 spiro atoms. The van der Waals surface area contributed by atoms with Crippen molar-refractivity contribution < 1.29 is 14.3 Å². The molecule has 0 bridgehead atoms. The molecule has 5 nitrogen and oxygen atoms in total. The number of anilines is 1. The van der Waals surface area contributed by atoms with Gasteiger partial charge in [-0.1, -0.05) is 11.6 Å². The number of amides is 1. The lowest BCUT2D eigenvalue weighted by Crippen LogP contribution is -2.34. The average Bonchev–Trinajstić information content (AvgIpc) is 2.32. The van der Waals surface area contributed by atoms with Crippen molar-refractivity contribution in [2.75, 3.05) is 32.1 Å². The number of hydrogen-bond donors (Lipinski definition) is 1. The molecule has 0 fully saturated rings. The molecule has 104 valence electrons. The Kier molecular flexibility index (Phi) is 6.32. The van der Waals surface area contributed by atoms with Gasteiger partial charge in [-0.3, -0.25) is 14.5 Å². The third kappa shape index (κ3) is 6.22. The smallest absolute Gasteiger partial charge is 0.320 e. The molecule has 0 radical (unpaired) electrons. The van der Waals surface area contributed by atoms with Crippen LogP contribution in [-0.4, -0.2) is 43.5 Å². The van der Waals surface area contributed by atoms with Crippen LogP contribution in [0.15, 0.2) is 24.3 Å². The van der Waals surface area contributed by atoms with Crippen LogP contribution in [0.3, 0.4) is 0 Å². The average molecular weight is 285 g/mol. The molecular weight excluding hydrogens is 268 g/mol. The largest absolute Gasteiger partial charge is 0.465 e. The molecule has 1 aromatic carbocycles. The van der Waals surface area contributed by atoms with Gasteiger partial charge in [0.2, 0.25) is 5.91 Å². The van der Waals surface area contributed by atoms with Gasteiger partial charge >= 0.3 is 5.97 Å². The van der Waals surface area contributed by atoms with Crippen LogP contribution in [0, 0.1) is 0 Å². The fourth-order valence-electron chi connectivity index (χ4n) is 1.46. The highest BCUT2D eigenvalue weighted by molar-refractivity contribution is 6.30. The Morgan fingerprint density at radius 2 is 1.89 bits per heavy atom. The number of carbonyl (C=O) groups excluding carboxylic acids is 2. The van der Waals surface area contributed by atoms with Crippen molar-refractivity contribution in [1.82, 2.24) is 4.90 Å². The van der Waals surface area contributed by atoms with Gasteiger partial charge in [0.05, 0.1) is 19.7 Å². The number of likely N-dealkylation sites (N-methyl/N-ethyl adjacent to an activating group) is 1. The van der Waals surface area contributed by atoms with Crippen LogP contribution in [0.4, 0.5) is 5.69 Å². The zero-order chi connectivity index (χ0) is 14.3. The molecule has 0 unspecified atom stereocenters. The fourth-order valence-corrected chi connectivity index (χ4v) is 1.59. The molecule has 1 N–H and O–H groups in total. The lowest BCUT2D eigenvalue weighted by atomic mass is 10.3. The van der Waals surface area contributed by atoms with Crippen LogP contribution < -0.4 is 5.32 Å². The number of hydrogen-bond acceptors (Lipinski definition) is 4. The number of benzene rings is 1. The van der Waals surface area contributed by atoms with Gasteiger partial charge in [0.1, 0.15) is 0 Å². The summed E-state index contributed by atoms with van der Waals surface area (Å²) in [4.78, 5) is 24.5. The number of rotatable bonds is 6. The van der Waals surface area contributed by atoms with E-state index in [-0.39, 0.29) is 25.0 Å². The van der Waals surface area contributed by atoms with Gasteiger partial charge in [0, 0.05) is 10.7 Å². The molecule has 1 aromatic rings. The third-order valence-electron chi connectivity index (χ3n) is 2.25. The highest BCUT2D eigenvalue weighted by Gasteiger charge is 2.11. The van der Waals surface area contributed by atoms with E-state index in [1.165, 1.54) is 0 Å². The van der Waals surface area contributed by atoms with Crippen LogP contribution in [0.5, 0.6) is 0 Å². The lowest BCUT2D eigenvalue weighted by Gasteiger charge is -2.15. The van der Waals surface area contributed by atoms with E-state index in [0.717, 1.165) is 0 Å². The molecule has 0 heterocycles. The van der Waals surface area contributed by atoms with Crippen LogP contribution >= 0.6 is 11.6 Å². The second-order valence-corrected chi connectivity index (χ2v) is 4.47. The van der Waals surface area contributed by atoms with Crippen molar-refractivity contribution in [2.24, 2.45) is 0 Å². The Labute approximate surface area is 117 Å². The topological polar surface area (TPSA) is 58.6 Å². The van der Waals surface area contributed by atoms with Crippen LogP contribution in [0.1, 0.15) is 6.92 Å². The van der Waals surface area contributed by atoms with Gasteiger partial charge in [-0.25, -0.2) is 0 Å². The van der Waals surface area contributed by atoms with Crippen molar-refractivity contribution in [3.05, 3.63) is 29.3 Å². The number of esters is 1. The molecule has 0 aliphatic heterocycles. The van der Waals surface area contributed by atoms with Gasteiger partial charge in [-0.15, -0.1) is 0 Å². The van der Waals surface area contributed by atoms with E-state index in [1.54, 1.807) is 43.1 Å². The summed E-state index contributed by atoms with van der Waals surface area (Å²) >= 11 is 5.75. The number of carbonyl (C=O) groups is 2. The predicted octanol–water partition coefficient (Wildman–Crippen LogP) is 1.77. The first-order chi connectivity index (χ1) is 9.01. The summed E-state index contributed by atoms with van der Waals surface area (Å²) in [7, 11) is 1.68. The molecule has 0 atom stereocenters. The molecule has 0 aliphatic rings. The maximum absolute atomic E-state index is 11.7. The summed E-state index contributed by atoms with van der Waals surface area (Å²) in [5, 5.41) is 3.32. The molecule has 1 rings (SSSR count). The Morgan fingerprint density at radius 3 is 2.47 bits per heavy atom. The van der Waals surface area contributed by atoms with E-state index in [2.05, 4.69) is 5.32 Å². The molecule has 0 saturated carbocycles. The fraction of sp³-hybridized carbons (Fsp3) is 0.385. The zero-order valence-electron chi connectivity index (χ0n) is 11.0. The Balaban J connectivity index is 2.38. The maximum Gasteiger partial charge on any atom is 0.320 e. The first kappa shape index (κ1) is 15.5. The normalized spacial score (nSPS) is 10.3. The standard InChI is InChI=1S/C13H17ClN2O3/c1-3-19-13(18)9-16(2)8-12(17)15-11-6-4-10(14)5-7-11/h4-7H,3,8-9H2,1-2H3,(H,15,17). The number of ether oxygens (including phenoxy) is 1. The second-order valence-electron chi connectivity index (χ2n) is 4.03. The molecule has 0 aromatic heterocycles. The first-order valence-electron chi connectivity index (χ1n) is 5.91. The van der Waals surface area contributed by atoms with E-state index < -0.39 is 0 Å². The van der Waals surface area contributed by atoms with E-state index in [1.807, 2.05) is 0 Å². The number of nitrogens with one attached hydrogen (secondary N) is 1. The number of halogens is 1. The first-order valence-corrected chi connectivity index (χ1v) is 6.28. The summed E-state index contributed by atoms with van der Waals surface area (Å²) < 4.78 is 4.80. The molecule has 19 heavy (non-hydrogen) atoms. The maximum atomic E-state index is 11.7. The quantitative estimate of drug-likeness (QED) is 0.809. The highest BCUT2D eigenvalue weighted by Crippen LogP contribution is 2.13. The van der Waals surface area contributed by atoms with Gasteiger partial charge in [0.25, 0.3) is 0 Å². The second kappa shape index (κ2) is 7.76. The van der Waals surface area contributed by atoms with Crippen LogP contribution in [0.2, 0.25) is 5.02 Å². The van der Waals surface area contributed by atoms with Gasteiger partial charge in [-0.05, 0) is 38.2 Å². The van der Waals surface area contributed by atoms with E-state index in [4.69, 9.17) is 16.3 Å². The van der Waals surface area contributed by atoms with Crippen molar-refractivity contribution in [3.8, 4) is 0 Å². The minimum atomic E-state index is -0.343. The monoisotopic (exact) mass is 284 g/mol. The molecule has 0 saturated heterocycles. The van der Waals surface area contributed by atoms with Crippen molar-refractivity contribution in [1.29, 1.82) is 0 Å². The predicted molar refractivity (Wildman–Crippen MR) is 74.2 cm³/mol. The summed E-state index contributed by atoms with van der Waals surface area (Å²) in [6, 6.07) is 6.82. The summed E-state index contributed by atoms with van der Waals surface area (Å²) in [5.41, 5.74) is 0.666. The summed E-state index contributed by atoms with van der Waals surface area (Å²) in [5.74, 6) is -0.543. The Bertz CT molecular complexity index is 434. The van der Waals surface area contributed by atoms with Crippen LogP contribution in [-0.2, 0) is 14.3 Å². The number of nitrogens with zero attached hydrogens (tertiary/aromatic N) is 1. The van der Waals surface area contributed by atoms with Crippen molar-refractivity contribution in [2.45, 2.75) is 6.92 Å². The molecule has 6 heteroatoms. The van der Waals surface area contributed by atoms with E-state index >= 15 is 0 Å². The SMILES string of the molecule is CCOC(=O)CN(C)CC(=O)Nc1ccc(Cl)cc1. The van der Waals surface area contributed by atoms with Crippen molar-refractivity contribution in [3.63, 3.8) is 0 Å². The zero-order valence-corrected chi connectivity index (χ0v) is 11.7. The van der Waals surface area contributed by atoms with E-state index in [9.17, 15) is 9.59 Å². The molecule has 1 amide bonds. The molecule has 0 aliphatic carbocycles. The Hall–Kier alpha value is -1.59. The van der Waals surface area contributed by atoms with E-state index in [0.29, 0.717) is 17.3 Å². The summed E-state index contributed by atoms with van der Waals surface area (Å²) in [6.07, 6.45) is 0. The minimum absolute atomic E-state index is 0.0852.